The quantitative estimate of drug-likeness (QED) is 0.580. The predicted octanol–water partition coefficient (Wildman–Crippen LogP) is 1.71. The van der Waals surface area contributed by atoms with Gasteiger partial charge in [-0.1, -0.05) is 0 Å². The van der Waals surface area contributed by atoms with Crippen LogP contribution >= 0.6 is 0 Å². The molecule has 0 aliphatic heterocycles. The van der Waals surface area contributed by atoms with Crippen LogP contribution in [0.15, 0.2) is 28.2 Å². The summed E-state index contributed by atoms with van der Waals surface area (Å²) in [6.07, 6.45) is -2.46. The molecule has 0 radical (unpaired) electrons. The highest BCUT2D eigenvalue weighted by molar-refractivity contribution is 5.93. The molecule has 1 saturated carbocycles. The summed E-state index contributed by atoms with van der Waals surface area (Å²) in [6.45, 7) is 0.383. The number of hydrogen-bond donors (Lipinski definition) is 3. The highest BCUT2D eigenvalue weighted by Gasteiger charge is 2.32. The molecule has 0 amide bonds. The van der Waals surface area contributed by atoms with Gasteiger partial charge in [-0.25, -0.2) is 4.99 Å². The largest absolute Gasteiger partial charge is 0.493 e. The van der Waals surface area contributed by atoms with Gasteiger partial charge in [0, 0.05) is 6.07 Å². The average molecular weight is 315 g/mol. The fourth-order valence-electron chi connectivity index (χ4n) is 1.68. The van der Waals surface area contributed by atoms with E-state index in [2.05, 4.69) is 9.98 Å². The van der Waals surface area contributed by atoms with E-state index in [1.54, 1.807) is 0 Å². The van der Waals surface area contributed by atoms with Gasteiger partial charge >= 0.3 is 6.18 Å². The van der Waals surface area contributed by atoms with Crippen molar-refractivity contribution in [2.45, 2.75) is 19.0 Å². The van der Waals surface area contributed by atoms with Gasteiger partial charge < -0.3 is 21.9 Å². The van der Waals surface area contributed by atoms with Crippen LogP contribution in [0.5, 0.6) is 5.75 Å². The minimum absolute atomic E-state index is 0.0388. The van der Waals surface area contributed by atoms with Gasteiger partial charge in [0.1, 0.15) is 5.75 Å². The number of ether oxygens (including phenoxy) is 1. The van der Waals surface area contributed by atoms with E-state index in [-0.39, 0.29) is 23.4 Å². The minimum Gasteiger partial charge on any atom is -0.493 e. The molecule has 1 aliphatic rings. The molecule has 0 bridgehead atoms. The number of benzene rings is 1. The van der Waals surface area contributed by atoms with Crippen molar-refractivity contribution in [1.82, 2.24) is 0 Å². The third-order valence-electron chi connectivity index (χ3n) is 2.89. The van der Waals surface area contributed by atoms with E-state index in [0.717, 1.165) is 25.0 Å². The summed E-state index contributed by atoms with van der Waals surface area (Å²) in [4.78, 5) is 7.20. The van der Waals surface area contributed by atoms with Crippen LogP contribution in [-0.2, 0) is 6.18 Å². The van der Waals surface area contributed by atoms with Crippen molar-refractivity contribution in [1.29, 1.82) is 0 Å². The molecule has 0 atom stereocenters. The number of nitrogens with zero attached hydrogens (tertiary/aromatic N) is 2. The lowest BCUT2D eigenvalue weighted by atomic mass is 10.2. The van der Waals surface area contributed by atoms with Crippen molar-refractivity contribution < 1.29 is 17.9 Å². The zero-order chi connectivity index (χ0) is 16.3. The minimum atomic E-state index is -4.52. The molecule has 2 rings (SSSR count). The van der Waals surface area contributed by atoms with Crippen LogP contribution < -0.4 is 21.9 Å². The number of nitrogens with two attached hydrogens (primary N) is 3. The maximum Gasteiger partial charge on any atom is 0.416 e. The molecule has 0 heterocycles. The van der Waals surface area contributed by atoms with Gasteiger partial charge in [0.25, 0.3) is 0 Å². The third-order valence-corrected chi connectivity index (χ3v) is 2.89. The number of aliphatic imine (C=N–C) groups is 2. The Kier molecular flexibility index (Phi) is 4.43. The molecule has 0 spiro atoms. The number of rotatable bonds is 4. The highest BCUT2D eigenvalue weighted by atomic mass is 19.4. The second-order valence-electron chi connectivity index (χ2n) is 4.97. The van der Waals surface area contributed by atoms with E-state index < -0.39 is 11.7 Å². The van der Waals surface area contributed by atoms with E-state index in [1.807, 2.05) is 0 Å². The lowest BCUT2D eigenvalue weighted by Crippen LogP contribution is -2.26. The molecule has 1 aliphatic carbocycles. The summed E-state index contributed by atoms with van der Waals surface area (Å²) >= 11 is 0. The van der Waals surface area contributed by atoms with Crippen molar-refractivity contribution in [2.75, 3.05) is 6.61 Å². The van der Waals surface area contributed by atoms with Gasteiger partial charge in [-0.05, 0) is 30.9 Å². The van der Waals surface area contributed by atoms with Crippen LogP contribution in [0.1, 0.15) is 18.4 Å². The van der Waals surface area contributed by atoms with Gasteiger partial charge in [-0.3, -0.25) is 0 Å². The van der Waals surface area contributed by atoms with Gasteiger partial charge in [-0.15, -0.1) is 0 Å². The van der Waals surface area contributed by atoms with E-state index in [1.165, 1.54) is 6.07 Å². The Hall–Kier alpha value is -2.45. The summed E-state index contributed by atoms with van der Waals surface area (Å²) < 4.78 is 44.1. The molecule has 120 valence electrons. The van der Waals surface area contributed by atoms with Crippen molar-refractivity contribution >= 4 is 17.6 Å². The molecule has 1 fully saturated rings. The zero-order valence-electron chi connectivity index (χ0n) is 11.6. The molecular weight excluding hydrogens is 299 g/mol. The molecular formula is C13H16F3N5O. The van der Waals surface area contributed by atoms with Crippen LogP contribution in [0.3, 0.4) is 0 Å². The monoisotopic (exact) mass is 315 g/mol. The smallest absolute Gasteiger partial charge is 0.416 e. The van der Waals surface area contributed by atoms with Crippen molar-refractivity contribution in [2.24, 2.45) is 33.1 Å². The second-order valence-corrected chi connectivity index (χ2v) is 4.97. The maximum atomic E-state index is 12.9. The molecule has 6 nitrogen and oxygen atoms in total. The fraction of sp³-hybridized carbons (Fsp3) is 0.385. The van der Waals surface area contributed by atoms with Crippen molar-refractivity contribution in [3.63, 3.8) is 0 Å². The van der Waals surface area contributed by atoms with E-state index in [9.17, 15) is 13.2 Å². The molecule has 1 aromatic rings. The number of guanidine groups is 2. The standard InChI is InChI=1S/C13H16F3N5O/c14-13(15,16)8-3-9(20-12(19)21-11(17)18)5-10(4-8)22-6-7-1-2-7/h3-5,7H,1-2,6H2,(H6,17,18,19,20,21). The molecule has 1 aromatic carbocycles. The highest BCUT2D eigenvalue weighted by Crippen LogP contribution is 2.36. The van der Waals surface area contributed by atoms with Crippen LogP contribution in [-0.4, -0.2) is 18.5 Å². The lowest BCUT2D eigenvalue weighted by Gasteiger charge is -2.11. The first-order valence-electron chi connectivity index (χ1n) is 6.53. The third kappa shape index (κ3) is 4.83. The second kappa shape index (κ2) is 6.12. The Morgan fingerprint density at radius 3 is 2.41 bits per heavy atom. The van der Waals surface area contributed by atoms with E-state index >= 15 is 0 Å². The van der Waals surface area contributed by atoms with E-state index in [0.29, 0.717) is 12.5 Å². The molecule has 0 unspecified atom stereocenters. The van der Waals surface area contributed by atoms with Crippen LogP contribution in [0, 0.1) is 5.92 Å². The Balaban J connectivity index is 2.30. The predicted molar refractivity (Wildman–Crippen MR) is 76.8 cm³/mol. The Morgan fingerprint density at radius 1 is 1.18 bits per heavy atom. The molecule has 0 saturated heterocycles. The zero-order valence-corrected chi connectivity index (χ0v) is 11.6. The normalized spacial score (nSPS) is 15.5. The molecule has 22 heavy (non-hydrogen) atoms. The molecule has 6 N–H and O–H groups in total. The fourth-order valence-corrected chi connectivity index (χ4v) is 1.68. The van der Waals surface area contributed by atoms with Crippen LogP contribution in [0.4, 0.5) is 18.9 Å². The van der Waals surface area contributed by atoms with Gasteiger partial charge in [0.2, 0.25) is 5.96 Å². The van der Waals surface area contributed by atoms with Crippen molar-refractivity contribution in [3.8, 4) is 5.75 Å². The van der Waals surface area contributed by atoms with Gasteiger partial charge in [0.15, 0.2) is 5.96 Å². The van der Waals surface area contributed by atoms with Crippen LogP contribution in [0.2, 0.25) is 0 Å². The van der Waals surface area contributed by atoms with Crippen molar-refractivity contribution in [3.05, 3.63) is 23.8 Å². The Morgan fingerprint density at radius 2 is 1.86 bits per heavy atom. The number of halogens is 3. The Bertz CT molecular complexity index is 604. The summed E-state index contributed by atoms with van der Waals surface area (Å²) in [5, 5.41) is 0. The first-order valence-corrected chi connectivity index (χ1v) is 6.53. The van der Waals surface area contributed by atoms with Gasteiger partial charge in [-0.2, -0.15) is 18.2 Å². The van der Waals surface area contributed by atoms with E-state index in [4.69, 9.17) is 21.9 Å². The molecule has 9 heteroatoms. The topological polar surface area (TPSA) is 112 Å². The lowest BCUT2D eigenvalue weighted by molar-refractivity contribution is -0.137. The summed E-state index contributed by atoms with van der Waals surface area (Å²) in [5.41, 5.74) is 14.8. The summed E-state index contributed by atoms with van der Waals surface area (Å²) in [7, 11) is 0. The van der Waals surface area contributed by atoms with Crippen LogP contribution in [0.25, 0.3) is 0 Å². The Labute approximate surface area is 124 Å². The summed E-state index contributed by atoms with van der Waals surface area (Å²) in [5.74, 6) is -0.183. The SMILES string of the molecule is NC(N)=NC(N)=Nc1cc(OCC2CC2)cc(C(F)(F)F)c1. The average Bonchev–Trinajstić information content (AvgIpc) is 3.17. The number of hydrogen-bond acceptors (Lipinski definition) is 2. The first kappa shape index (κ1) is 15.9. The van der Waals surface area contributed by atoms with Gasteiger partial charge in [0.05, 0.1) is 17.9 Å². The molecule has 0 aromatic heterocycles. The summed E-state index contributed by atoms with van der Waals surface area (Å²) in [6, 6.07) is 3.13. The maximum absolute atomic E-state index is 12.9. The first-order chi connectivity index (χ1) is 10.2. The number of alkyl halides is 3.